The van der Waals surface area contributed by atoms with Gasteiger partial charge in [0, 0.05) is 18.7 Å². The Morgan fingerprint density at radius 1 is 1.12 bits per heavy atom. The SMILES string of the molecule is CC(Oc1ccc(F)cc1Br)C(=O)NCCNC(=O)c1ccccc1. The molecule has 0 saturated carbocycles. The molecule has 2 aromatic carbocycles. The number of carbonyl (C=O) groups excluding carboxylic acids is 2. The lowest BCUT2D eigenvalue weighted by molar-refractivity contribution is -0.127. The van der Waals surface area contributed by atoms with Crippen LogP contribution in [0.4, 0.5) is 4.39 Å². The van der Waals surface area contributed by atoms with Crippen molar-refractivity contribution in [3.8, 4) is 5.75 Å². The minimum atomic E-state index is -0.758. The molecule has 2 N–H and O–H groups in total. The molecular weight excluding hydrogens is 391 g/mol. The fourth-order valence-electron chi connectivity index (χ4n) is 2.01. The predicted octanol–water partition coefficient (Wildman–Crippen LogP) is 2.90. The van der Waals surface area contributed by atoms with E-state index >= 15 is 0 Å². The van der Waals surface area contributed by atoms with Crippen LogP contribution in [-0.2, 0) is 4.79 Å². The second-order valence-corrected chi connectivity index (χ2v) is 6.10. The number of nitrogens with one attached hydrogen (secondary N) is 2. The highest BCUT2D eigenvalue weighted by molar-refractivity contribution is 9.10. The van der Waals surface area contributed by atoms with Crippen molar-refractivity contribution >= 4 is 27.7 Å². The molecule has 2 rings (SSSR count). The van der Waals surface area contributed by atoms with Crippen LogP contribution in [0.2, 0.25) is 0 Å². The van der Waals surface area contributed by atoms with Gasteiger partial charge in [-0.05, 0) is 53.2 Å². The van der Waals surface area contributed by atoms with Gasteiger partial charge in [-0.3, -0.25) is 9.59 Å². The maximum absolute atomic E-state index is 13.0. The standard InChI is InChI=1S/C18H18BrFN2O3/c1-12(25-16-8-7-14(20)11-15(16)19)17(23)21-9-10-22-18(24)13-5-3-2-4-6-13/h2-8,11-12H,9-10H2,1H3,(H,21,23)(H,22,24). The molecule has 5 nitrogen and oxygen atoms in total. The molecule has 0 spiro atoms. The Morgan fingerprint density at radius 2 is 1.80 bits per heavy atom. The van der Waals surface area contributed by atoms with Gasteiger partial charge in [0.25, 0.3) is 11.8 Å². The summed E-state index contributed by atoms with van der Waals surface area (Å²) >= 11 is 3.18. The Hall–Kier alpha value is -2.41. The number of hydrogen-bond donors (Lipinski definition) is 2. The number of carbonyl (C=O) groups is 2. The predicted molar refractivity (Wildman–Crippen MR) is 96.0 cm³/mol. The number of hydrogen-bond acceptors (Lipinski definition) is 3. The minimum absolute atomic E-state index is 0.200. The normalized spacial score (nSPS) is 11.5. The van der Waals surface area contributed by atoms with E-state index in [1.54, 1.807) is 31.2 Å². The summed E-state index contributed by atoms with van der Waals surface area (Å²) in [5.74, 6) is -0.550. The zero-order valence-corrected chi connectivity index (χ0v) is 15.2. The highest BCUT2D eigenvalue weighted by Gasteiger charge is 2.16. The second kappa shape index (κ2) is 9.17. The van der Waals surface area contributed by atoms with Gasteiger partial charge in [-0.25, -0.2) is 4.39 Å². The molecule has 2 amide bonds. The summed E-state index contributed by atoms with van der Waals surface area (Å²) < 4.78 is 19.0. The summed E-state index contributed by atoms with van der Waals surface area (Å²) in [7, 11) is 0. The van der Waals surface area contributed by atoms with Crippen LogP contribution in [-0.4, -0.2) is 31.0 Å². The lowest BCUT2D eigenvalue weighted by Gasteiger charge is -2.16. The molecule has 0 saturated heterocycles. The third kappa shape index (κ3) is 5.86. The maximum atomic E-state index is 13.0. The molecule has 1 unspecified atom stereocenters. The third-order valence-electron chi connectivity index (χ3n) is 3.31. The molecule has 0 heterocycles. The number of rotatable bonds is 7. The van der Waals surface area contributed by atoms with E-state index in [0.717, 1.165) is 0 Å². The summed E-state index contributed by atoms with van der Waals surface area (Å²) in [5.41, 5.74) is 0.562. The first-order chi connectivity index (χ1) is 12.0. The Kier molecular flexibility index (Phi) is 6.94. The van der Waals surface area contributed by atoms with Crippen LogP contribution in [0, 0.1) is 5.82 Å². The number of ether oxygens (including phenoxy) is 1. The van der Waals surface area contributed by atoms with E-state index < -0.39 is 11.9 Å². The van der Waals surface area contributed by atoms with E-state index in [9.17, 15) is 14.0 Å². The average Bonchev–Trinajstić information content (AvgIpc) is 2.61. The number of halogens is 2. The Labute approximate surface area is 153 Å². The summed E-state index contributed by atoms with van der Waals surface area (Å²) in [4.78, 5) is 23.8. The molecule has 0 bridgehead atoms. The first kappa shape index (κ1) is 18.9. The zero-order chi connectivity index (χ0) is 18.2. The zero-order valence-electron chi connectivity index (χ0n) is 13.6. The van der Waals surface area contributed by atoms with Gasteiger partial charge in [0.15, 0.2) is 6.10 Å². The summed E-state index contributed by atoms with van der Waals surface area (Å²) in [6.07, 6.45) is -0.758. The van der Waals surface area contributed by atoms with Gasteiger partial charge in [0.05, 0.1) is 4.47 Å². The summed E-state index contributed by atoms with van der Waals surface area (Å²) in [5, 5.41) is 5.39. The van der Waals surface area contributed by atoms with Crippen LogP contribution in [0.25, 0.3) is 0 Å². The van der Waals surface area contributed by atoms with E-state index in [1.165, 1.54) is 18.2 Å². The van der Waals surface area contributed by atoms with Crippen LogP contribution in [0.1, 0.15) is 17.3 Å². The number of amides is 2. The van der Waals surface area contributed by atoms with E-state index in [1.807, 2.05) is 6.07 Å². The fourth-order valence-corrected chi connectivity index (χ4v) is 2.46. The van der Waals surface area contributed by atoms with Crippen molar-refractivity contribution in [2.24, 2.45) is 0 Å². The lowest BCUT2D eigenvalue weighted by Crippen LogP contribution is -2.40. The smallest absolute Gasteiger partial charge is 0.260 e. The van der Waals surface area contributed by atoms with Gasteiger partial charge in [-0.2, -0.15) is 0 Å². The van der Waals surface area contributed by atoms with Crippen molar-refractivity contribution in [1.29, 1.82) is 0 Å². The van der Waals surface area contributed by atoms with E-state index in [2.05, 4.69) is 26.6 Å². The van der Waals surface area contributed by atoms with Crippen LogP contribution in [0.3, 0.4) is 0 Å². The molecule has 0 aromatic heterocycles. The molecule has 0 fully saturated rings. The van der Waals surface area contributed by atoms with Crippen LogP contribution in [0.15, 0.2) is 53.0 Å². The van der Waals surface area contributed by atoms with Gasteiger partial charge in [-0.1, -0.05) is 18.2 Å². The van der Waals surface area contributed by atoms with Gasteiger partial charge < -0.3 is 15.4 Å². The van der Waals surface area contributed by atoms with Crippen molar-refractivity contribution < 1.29 is 18.7 Å². The molecule has 0 aliphatic heterocycles. The van der Waals surface area contributed by atoms with Crippen molar-refractivity contribution in [1.82, 2.24) is 10.6 Å². The molecule has 2 aromatic rings. The average molecular weight is 409 g/mol. The highest BCUT2D eigenvalue weighted by atomic mass is 79.9. The minimum Gasteiger partial charge on any atom is -0.480 e. The molecule has 0 aliphatic rings. The van der Waals surface area contributed by atoms with Crippen molar-refractivity contribution in [3.05, 3.63) is 64.4 Å². The molecule has 25 heavy (non-hydrogen) atoms. The maximum Gasteiger partial charge on any atom is 0.260 e. The summed E-state index contributed by atoms with van der Waals surface area (Å²) in [6, 6.07) is 12.8. The molecular formula is C18H18BrFN2O3. The van der Waals surface area contributed by atoms with Crippen molar-refractivity contribution in [2.45, 2.75) is 13.0 Å². The van der Waals surface area contributed by atoms with Crippen LogP contribution < -0.4 is 15.4 Å². The fraction of sp³-hybridized carbons (Fsp3) is 0.222. The monoisotopic (exact) mass is 408 g/mol. The number of benzene rings is 2. The summed E-state index contributed by atoms with van der Waals surface area (Å²) in [6.45, 7) is 2.16. The Balaban J connectivity index is 1.73. The Bertz CT molecular complexity index is 740. The molecule has 132 valence electrons. The van der Waals surface area contributed by atoms with Gasteiger partial charge in [0.1, 0.15) is 11.6 Å². The van der Waals surface area contributed by atoms with Crippen molar-refractivity contribution in [3.63, 3.8) is 0 Å². The van der Waals surface area contributed by atoms with Crippen molar-refractivity contribution in [2.75, 3.05) is 13.1 Å². The van der Waals surface area contributed by atoms with Gasteiger partial charge in [-0.15, -0.1) is 0 Å². The third-order valence-corrected chi connectivity index (χ3v) is 3.93. The second-order valence-electron chi connectivity index (χ2n) is 5.25. The first-order valence-electron chi connectivity index (χ1n) is 7.70. The van der Waals surface area contributed by atoms with Crippen LogP contribution in [0.5, 0.6) is 5.75 Å². The van der Waals surface area contributed by atoms with Gasteiger partial charge in [0.2, 0.25) is 0 Å². The van der Waals surface area contributed by atoms with E-state index in [4.69, 9.17) is 4.74 Å². The molecule has 7 heteroatoms. The van der Waals surface area contributed by atoms with E-state index in [0.29, 0.717) is 22.3 Å². The molecule has 1 atom stereocenters. The quantitative estimate of drug-likeness (QED) is 0.692. The highest BCUT2D eigenvalue weighted by Crippen LogP contribution is 2.26. The van der Waals surface area contributed by atoms with Gasteiger partial charge >= 0.3 is 0 Å². The van der Waals surface area contributed by atoms with E-state index in [-0.39, 0.29) is 18.4 Å². The Morgan fingerprint density at radius 3 is 2.48 bits per heavy atom. The largest absolute Gasteiger partial charge is 0.480 e. The topological polar surface area (TPSA) is 67.4 Å². The first-order valence-corrected chi connectivity index (χ1v) is 8.49. The molecule has 0 radical (unpaired) electrons. The van der Waals surface area contributed by atoms with Crippen LogP contribution >= 0.6 is 15.9 Å². The lowest BCUT2D eigenvalue weighted by atomic mass is 10.2. The molecule has 0 aliphatic carbocycles.